The molecule has 0 N–H and O–H groups in total. The molecule has 1 heterocycles. The maximum absolute atomic E-state index is 6.21. The first-order valence-electron chi connectivity index (χ1n) is 6.35. The maximum atomic E-state index is 6.21. The molecule has 2 heteroatoms. The molecule has 2 nitrogen and oxygen atoms in total. The van der Waals surface area contributed by atoms with Crippen molar-refractivity contribution in [3.8, 4) is 0 Å². The first kappa shape index (κ1) is 12.2. The van der Waals surface area contributed by atoms with Crippen LogP contribution in [0.2, 0.25) is 0 Å². The van der Waals surface area contributed by atoms with Gasteiger partial charge in [-0.1, -0.05) is 45.9 Å². The molecule has 0 unspecified atom stereocenters. The topological polar surface area (TPSA) is 21.6 Å². The van der Waals surface area contributed by atoms with E-state index in [9.17, 15) is 0 Å². The van der Waals surface area contributed by atoms with E-state index in [1.54, 1.807) is 0 Å². The molecule has 1 aromatic carbocycles. The second-order valence-corrected chi connectivity index (χ2v) is 5.35. The molecule has 0 aromatic heterocycles. The summed E-state index contributed by atoms with van der Waals surface area (Å²) in [5.74, 6) is 1.73. The quantitative estimate of drug-likeness (QED) is 0.780. The molecule has 0 fully saturated rings. The molecule has 0 radical (unpaired) electrons. The first-order valence-corrected chi connectivity index (χ1v) is 6.35. The molecule has 92 valence electrons. The number of benzene rings is 1. The summed E-state index contributed by atoms with van der Waals surface area (Å²) in [7, 11) is 0. The van der Waals surface area contributed by atoms with Gasteiger partial charge in [0, 0.05) is 5.56 Å². The Morgan fingerprint density at radius 2 is 1.65 bits per heavy atom. The van der Waals surface area contributed by atoms with Crippen LogP contribution in [0.15, 0.2) is 35.3 Å². The standard InChI is InChI=1S/C15H21NO/c1-11(2)15(12(3)4)10-16-14(17-15)13-8-6-5-7-9-13/h5-9,11-12H,10H2,1-4H3. The largest absolute Gasteiger partial charge is 0.468 e. The van der Waals surface area contributed by atoms with E-state index in [1.165, 1.54) is 0 Å². The Bertz CT molecular complexity index is 398. The van der Waals surface area contributed by atoms with Crippen molar-refractivity contribution in [2.24, 2.45) is 16.8 Å². The Hall–Kier alpha value is -1.31. The third-order valence-electron chi connectivity index (χ3n) is 3.73. The summed E-state index contributed by atoms with van der Waals surface area (Å²) in [5, 5.41) is 0. The zero-order chi connectivity index (χ0) is 12.5. The number of hydrogen-bond donors (Lipinski definition) is 0. The highest BCUT2D eigenvalue weighted by atomic mass is 16.5. The molecule has 0 spiro atoms. The van der Waals surface area contributed by atoms with Gasteiger partial charge >= 0.3 is 0 Å². The highest BCUT2D eigenvalue weighted by Gasteiger charge is 2.44. The molecular formula is C15H21NO. The van der Waals surface area contributed by atoms with Crippen molar-refractivity contribution < 1.29 is 4.74 Å². The van der Waals surface area contributed by atoms with E-state index in [0.29, 0.717) is 11.8 Å². The Morgan fingerprint density at radius 1 is 1.06 bits per heavy atom. The maximum Gasteiger partial charge on any atom is 0.216 e. The van der Waals surface area contributed by atoms with Crippen molar-refractivity contribution in [1.29, 1.82) is 0 Å². The predicted molar refractivity (Wildman–Crippen MR) is 71.3 cm³/mol. The van der Waals surface area contributed by atoms with E-state index < -0.39 is 0 Å². The van der Waals surface area contributed by atoms with Crippen molar-refractivity contribution in [3.05, 3.63) is 35.9 Å². The zero-order valence-electron chi connectivity index (χ0n) is 11.1. The summed E-state index contributed by atoms with van der Waals surface area (Å²) in [4.78, 5) is 4.60. The minimum absolute atomic E-state index is 0.134. The van der Waals surface area contributed by atoms with Gasteiger partial charge in [-0.2, -0.15) is 0 Å². The van der Waals surface area contributed by atoms with Gasteiger partial charge in [-0.15, -0.1) is 0 Å². The third-order valence-corrected chi connectivity index (χ3v) is 3.73. The predicted octanol–water partition coefficient (Wildman–Crippen LogP) is 3.51. The first-order chi connectivity index (χ1) is 8.06. The lowest BCUT2D eigenvalue weighted by atomic mass is 9.80. The summed E-state index contributed by atoms with van der Waals surface area (Å²) in [6.45, 7) is 9.62. The fourth-order valence-corrected chi connectivity index (χ4v) is 2.44. The van der Waals surface area contributed by atoms with E-state index in [4.69, 9.17) is 4.74 Å². The number of ether oxygens (including phenoxy) is 1. The monoisotopic (exact) mass is 231 g/mol. The van der Waals surface area contributed by atoms with Crippen LogP contribution in [0.1, 0.15) is 33.3 Å². The molecule has 0 aliphatic carbocycles. The minimum Gasteiger partial charge on any atom is -0.468 e. The van der Waals surface area contributed by atoms with Crippen molar-refractivity contribution in [1.82, 2.24) is 0 Å². The second-order valence-electron chi connectivity index (χ2n) is 5.35. The van der Waals surface area contributed by atoms with Crippen LogP contribution >= 0.6 is 0 Å². The third kappa shape index (κ3) is 2.08. The van der Waals surface area contributed by atoms with Crippen LogP contribution in [0.3, 0.4) is 0 Å². The molecule has 1 aliphatic rings. The van der Waals surface area contributed by atoms with Gasteiger partial charge in [0.2, 0.25) is 5.90 Å². The zero-order valence-corrected chi connectivity index (χ0v) is 11.1. The lowest BCUT2D eigenvalue weighted by molar-refractivity contribution is -0.00530. The van der Waals surface area contributed by atoms with Crippen molar-refractivity contribution >= 4 is 5.90 Å². The number of hydrogen-bond acceptors (Lipinski definition) is 2. The number of nitrogens with zero attached hydrogens (tertiary/aromatic N) is 1. The van der Waals surface area contributed by atoms with Gasteiger partial charge in [0.15, 0.2) is 0 Å². The summed E-state index contributed by atoms with van der Waals surface area (Å²) in [6.07, 6.45) is 0. The van der Waals surface area contributed by atoms with Crippen LogP contribution in [0.4, 0.5) is 0 Å². The van der Waals surface area contributed by atoms with E-state index in [1.807, 2.05) is 18.2 Å². The van der Waals surface area contributed by atoms with Crippen LogP contribution in [-0.2, 0) is 4.74 Å². The second kappa shape index (κ2) is 4.52. The minimum atomic E-state index is -0.134. The van der Waals surface area contributed by atoms with Crippen LogP contribution in [0.5, 0.6) is 0 Å². The van der Waals surface area contributed by atoms with Gasteiger partial charge in [-0.25, -0.2) is 4.99 Å². The average Bonchev–Trinajstić information content (AvgIpc) is 2.76. The molecule has 0 saturated heterocycles. The average molecular weight is 231 g/mol. The van der Waals surface area contributed by atoms with E-state index in [2.05, 4.69) is 44.8 Å². The smallest absolute Gasteiger partial charge is 0.216 e. The Kier molecular flexibility index (Phi) is 3.23. The van der Waals surface area contributed by atoms with Gasteiger partial charge < -0.3 is 4.74 Å². The van der Waals surface area contributed by atoms with Crippen LogP contribution in [0, 0.1) is 11.8 Å². The van der Waals surface area contributed by atoms with E-state index in [-0.39, 0.29) is 5.60 Å². The Balaban J connectivity index is 2.23. The molecule has 1 aliphatic heterocycles. The molecule has 2 rings (SSSR count). The fraction of sp³-hybridized carbons (Fsp3) is 0.533. The molecule has 17 heavy (non-hydrogen) atoms. The van der Waals surface area contributed by atoms with Crippen LogP contribution < -0.4 is 0 Å². The van der Waals surface area contributed by atoms with Crippen molar-refractivity contribution in [2.45, 2.75) is 33.3 Å². The Morgan fingerprint density at radius 3 is 2.12 bits per heavy atom. The summed E-state index contributed by atoms with van der Waals surface area (Å²) in [6, 6.07) is 10.2. The summed E-state index contributed by atoms with van der Waals surface area (Å²) < 4.78 is 6.21. The van der Waals surface area contributed by atoms with Crippen LogP contribution in [0.25, 0.3) is 0 Å². The SMILES string of the molecule is CC(C)C1(C(C)C)CN=C(c2ccccc2)O1. The number of rotatable bonds is 3. The van der Waals surface area contributed by atoms with Crippen molar-refractivity contribution in [3.63, 3.8) is 0 Å². The highest BCUT2D eigenvalue weighted by Crippen LogP contribution is 2.35. The van der Waals surface area contributed by atoms with E-state index >= 15 is 0 Å². The normalized spacial score (nSPS) is 18.4. The molecular weight excluding hydrogens is 210 g/mol. The van der Waals surface area contributed by atoms with Gasteiger partial charge in [0.25, 0.3) is 0 Å². The lowest BCUT2D eigenvalue weighted by Crippen LogP contribution is -2.44. The van der Waals surface area contributed by atoms with Crippen LogP contribution in [-0.4, -0.2) is 18.0 Å². The fourth-order valence-electron chi connectivity index (χ4n) is 2.44. The highest BCUT2D eigenvalue weighted by molar-refractivity contribution is 5.95. The van der Waals surface area contributed by atoms with Gasteiger partial charge in [-0.3, -0.25) is 0 Å². The lowest BCUT2D eigenvalue weighted by Gasteiger charge is -2.36. The van der Waals surface area contributed by atoms with Crippen molar-refractivity contribution in [2.75, 3.05) is 6.54 Å². The van der Waals surface area contributed by atoms with Gasteiger partial charge in [0.1, 0.15) is 5.60 Å². The Labute approximate surface area is 104 Å². The molecule has 0 amide bonds. The summed E-state index contributed by atoms with van der Waals surface area (Å²) >= 11 is 0. The molecule has 1 aromatic rings. The number of aliphatic imine (C=N–C) groups is 1. The van der Waals surface area contributed by atoms with E-state index in [0.717, 1.165) is 18.0 Å². The summed E-state index contributed by atoms with van der Waals surface area (Å²) in [5.41, 5.74) is 0.946. The van der Waals surface area contributed by atoms with Gasteiger partial charge in [0.05, 0.1) is 6.54 Å². The molecule has 0 atom stereocenters. The molecule has 0 saturated carbocycles. The van der Waals surface area contributed by atoms with Gasteiger partial charge in [-0.05, 0) is 24.0 Å². The molecule has 0 bridgehead atoms.